The molecule has 0 unspecified atom stereocenters. The topological polar surface area (TPSA) is 68.4 Å². The first-order valence-corrected chi connectivity index (χ1v) is 6.65. The van der Waals surface area contributed by atoms with Crippen LogP contribution in [0.25, 0.3) is 0 Å². The summed E-state index contributed by atoms with van der Waals surface area (Å²) in [6.07, 6.45) is 0.367. The molecule has 0 saturated carbocycles. The minimum absolute atomic E-state index is 0.00462. The maximum absolute atomic E-state index is 8.80. The fourth-order valence-corrected chi connectivity index (χ4v) is 1.89. The van der Waals surface area contributed by atoms with E-state index in [1.807, 2.05) is 18.2 Å². The summed E-state index contributed by atoms with van der Waals surface area (Å²) >= 11 is 0. The summed E-state index contributed by atoms with van der Waals surface area (Å²) in [7, 11) is 0. The van der Waals surface area contributed by atoms with Gasteiger partial charge in [0.1, 0.15) is 5.75 Å². The highest BCUT2D eigenvalue weighted by Crippen LogP contribution is 2.31. The van der Waals surface area contributed by atoms with Gasteiger partial charge in [-0.05, 0) is 17.0 Å². The molecule has 0 spiro atoms. The van der Waals surface area contributed by atoms with Crippen LogP contribution in [-0.4, -0.2) is 21.9 Å². The molecule has 0 saturated heterocycles. The van der Waals surface area contributed by atoms with Crippen LogP contribution < -0.4 is 4.74 Å². The summed E-state index contributed by atoms with van der Waals surface area (Å²) in [4.78, 5) is 0. The number of benzene rings is 1. The molecular formula is C15H20N2O3. The smallest absolute Gasteiger partial charge is 0.253 e. The zero-order valence-electron chi connectivity index (χ0n) is 12.1. The Balaban J connectivity index is 2.07. The standard InChI is InChI=1S/C15H20N2O3/c1-15(2,3)11-6-4-5-7-12(11)19-10-14-17-16-13(20-14)8-9-18/h4-7,18H,8-10H2,1-3H3. The second-order valence-corrected chi connectivity index (χ2v) is 5.60. The zero-order chi connectivity index (χ0) is 14.6. The van der Waals surface area contributed by atoms with Crippen molar-refractivity contribution in [2.45, 2.75) is 39.2 Å². The van der Waals surface area contributed by atoms with E-state index in [4.69, 9.17) is 14.3 Å². The molecule has 2 aromatic rings. The highest BCUT2D eigenvalue weighted by molar-refractivity contribution is 5.38. The average Bonchev–Trinajstić information content (AvgIpc) is 2.84. The Morgan fingerprint density at radius 3 is 2.55 bits per heavy atom. The van der Waals surface area contributed by atoms with E-state index in [1.165, 1.54) is 0 Å². The molecule has 1 heterocycles. The number of aliphatic hydroxyl groups excluding tert-OH is 1. The maximum atomic E-state index is 8.80. The zero-order valence-corrected chi connectivity index (χ0v) is 12.1. The summed E-state index contributed by atoms with van der Waals surface area (Å²) in [5, 5.41) is 16.5. The van der Waals surface area contributed by atoms with Crippen molar-refractivity contribution >= 4 is 0 Å². The van der Waals surface area contributed by atoms with Crippen LogP contribution >= 0.6 is 0 Å². The Bertz CT molecular complexity index is 558. The molecular weight excluding hydrogens is 256 g/mol. The number of hydrogen-bond donors (Lipinski definition) is 1. The van der Waals surface area contributed by atoms with Crippen molar-refractivity contribution < 1.29 is 14.3 Å². The lowest BCUT2D eigenvalue weighted by molar-refractivity contribution is 0.246. The van der Waals surface area contributed by atoms with Crippen LogP contribution in [0.5, 0.6) is 5.75 Å². The summed E-state index contributed by atoms with van der Waals surface area (Å²) in [5.41, 5.74) is 1.14. The van der Waals surface area contributed by atoms with Crippen molar-refractivity contribution in [2.24, 2.45) is 0 Å². The minimum atomic E-state index is -0.00462. The number of ether oxygens (including phenoxy) is 1. The van der Waals surface area contributed by atoms with Crippen LogP contribution in [0.3, 0.4) is 0 Å². The highest BCUT2D eigenvalue weighted by Gasteiger charge is 2.18. The van der Waals surface area contributed by atoms with Gasteiger partial charge in [-0.3, -0.25) is 0 Å². The summed E-state index contributed by atoms with van der Waals surface area (Å²) in [6.45, 7) is 6.64. The predicted molar refractivity (Wildman–Crippen MR) is 74.6 cm³/mol. The third-order valence-corrected chi connectivity index (χ3v) is 2.88. The Hall–Kier alpha value is -1.88. The van der Waals surface area contributed by atoms with Gasteiger partial charge < -0.3 is 14.3 Å². The van der Waals surface area contributed by atoms with E-state index in [9.17, 15) is 0 Å². The predicted octanol–water partition coefficient (Wildman–Crippen LogP) is 2.48. The SMILES string of the molecule is CC(C)(C)c1ccccc1OCc1nnc(CCO)o1. The monoisotopic (exact) mass is 276 g/mol. The van der Waals surface area contributed by atoms with Crippen LogP contribution in [0.15, 0.2) is 28.7 Å². The van der Waals surface area contributed by atoms with Crippen LogP contribution in [0.1, 0.15) is 38.1 Å². The van der Waals surface area contributed by atoms with Gasteiger partial charge in [-0.25, -0.2) is 0 Å². The fourth-order valence-electron chi connectivity index (χ4n) is 1.89. The van der Waals surface area contributed by atoms with Crippen LogP contribution in [-0.2, 0) is 18.4 Å². The largest absolute Gasteiger partial charge is 0.484 e. The van der Waals surface area contributed by atoms with Crippen LogP contribution in [0.2, 0.25) is 0 Å². The molecule has 0 aliphatic rings. The molecule has 0 radical (unpaired) electrons. The van der Waals surface area contributed by atoms with Crippen LogP contribution in [0, 0.1) is 0 Å². The molecule has 0 aliphatic heterocycles. The fraction of sp³-hybridized carbons (Fsp3) is 0.467. The van der Waals surface area contributed by atoms with E-state index >= 15 is 0 Å². The number of rotatable bonds is 5. The molecule has 0 atom stereocenters. The number of nitrogens with zero attached hydrogens (tertiary/aromatic N) is 2. The van der Waals surface area contributed by atoms with Crippen molar-refractivity contribution in [3.63, 3.8) is 0 Å². The first-order valence-electron chi connectivity index (χ1n) is 6.65. The van der Waals surface area contributed by atoms with Gasteiger partial charge in [0, 0.05) is 6.42 Å². The molecule has 5 nitrogen and oxygen atoms in total. The summed E-state index contributed by atoms with van der Waals surface area (Å²) in [5.74, 6) is 1.66. The number of hydrogen-bond acceptors (Lipinski definition) is 5. The third-order valence-electron chi connectivity index (χ3n) is 2.88. The number of aromatic nitrogens is 2. The number of aliphatic hydroxyl groups is 1. The Morgan fingerprint density at radius 2 is 1.85 bits per heavy atom. The first kappa shape index (κ1) is 14.5. The van der Waals surface area contributed by atoms with E-state index in [0.29, 0.717) is 18.2 Å². The molecule has 20 heavy (non-hydrogen) atoms. The third kappa shape index (κ3) is 3.57. The minimum Gasteiger partial charge on any atom is -0.484 e. The average molecular weight is 276 g/mol. The van der Waals surface area contributed by atoms with Crippen molar-refractivity contribution in [1.29, 1.82) is 0 Å². The van der Waals surface area contributed by atoms with Crippen molar-refractivity contribution in [2.75, 3.05) is 6.61 Å². The molecule has 108 valence electrons. The van der Waals surface area contributed by atoms with E-state index < -0.39 is 0 Å². The van der Waals surface area contributed by atoms with Gasteiger partial charge in [-0.15, -0.1) is 10.2 Å². The molecule has 2 rings (SSSR count). The quantitative estimate of drug-likeness (QED) is 0.908. The normalized spacial score (nSPS) is 11.6. The maximum Gasteiger partial charge on any atom is 0.253 e. The lowest BCUT2D eigenvalue weighted by atomic mass is 9.86. The molecule has 1 aromatic carbocycles. The van der Waals surface area contributed by atoms with E-state index in [-0.39, 0.29) is 18.6 Å². The van der Waals surface area contributed by atoms with E-state index in [0.717, 1.165) is 11.3 Å². The lowest BCUT2D eigenvalue weighted by Crippen LogP contribution is -2.13. The van der Waals surface area contributed by atoms with Gasteiger partial charge >= 0.3 is 0 Å². The van der Waals surface area contributed by atoms with Gasteiger partial charge in [0.15, 0.2) is 6.61 Å². The molecule has 0 fully saturated rings. The molecule has 0 aliphatic carbocycles. The van der Waals surface area contributed by atoms with Gasteiger partial charge in [0.05, 0.1) is 6.61 Å². The lowest BCUT2D eigenvalue weighted by Gasteiger charge is -2.22. The second-order valence-electron chi connectivity index (χ2n) is 5.60. The molecule has 5 heteroatoms. The van der Waals surface area contributed by atoms with Crippen molar-refractivity contribution in [3.05, 3.63) is 41.6 Å². The Morgan fingerprint density at radius 1 is 1.15 bits per heavy atom. The van der Waals surface area contributed by atoms with Crippen molar-refractivity contribution in [3.8, 4) is 5.75 Å². The van der Waals surface area contributed by atoms with Gasteiger partial charge in [-0.1, -0.05) is 39.0 Å². The van der Waals surface area contributed by atoms with Gasteiger partial charge in [-0.2, -0.15) is 0 Å². The number of para-hydroxylation sites is 1. The highest BCUT2D eigenvalue weighted by atomic mass is 16.5. The Labute approximate surface area is 118 Å². The van der Waals surface area contributed by atoms with Gasteiger partial charge in [0.25, 0.3) is 5.89 Å². The molecule has 0 amide bonds. The molecule has 0 bridgehead atoms. The summed E-state index contributed by atoms with van der Waals surface area (Å²) < 4.78 is 11.1. The Kier molecular flexibility index (Phi) is 4.39. The summed E-state index contributed by atoms with van der Waals surface area (Å²) in [6, 6.07) is 7.93. The van der Waals surface area contributed by atoms with E-state index in [1.54, 1.807) is 0 Å². The molecule has 1 N–H and O–H groups in total. The second kappa shape index (κ2) is 6.05. The van der Waals surface area contributed by atoms with Crippen molar-refractivity contribution in [1.82, 2.24) is 10.2 Å². The van der Waals surface area contributed by atoms with E-state index in [2.05, 4.69) is 37.0 Å². The van der Waals surface area contributed by atoms with Gasteiger partial charge in [0.2, 0.25) is 5.89 Å². The van der Waals surface area contributed by atoms with Crippen LogP contribution in [0.4, 0.5) is 0 Å². The first-order chi connectivity index (χ1) is 9.50. The molecule has 1 aromatic heterocycles.